The minimum atomic E-state index is -0.596. The van der Waals surface area contributed by atoms with Crippen LogP contribution in [0.2, 0.25) is 5.02 Å². The molecule has 210 valence electrons. The molecule has 9 nitrogen and oxygen atoms in total. The molecule has 2 fully saturated rings. The first-order valence-corrected chi connectivity index (χ1v) is 13.5. The normalized spacial score (nSPS) is 19.3. The van der Waals surface area contributed by atoms with Gasteiger partial charge in [0, 0.05) is 48.8 Å². The van der Waals surface area contributed by atoms with Gasteiger partial charge in [0.25, 0.3) is 0 Å². The van der Waals surface area contributed by atoms with Crippen molar-refractivity contribution in [2.24, 2.45) is 0 Å². The smallest absolute Gasteiger partial charge is 0.302 e. The monoisotopic (exact) mass is 558 g/mol. The number of phenols is 1. The van der Waals surface area contributed by atoms with Crippen molar-refractivity contribution in [2.75, 3.05) is 52.4 Å². The topological polar surface area (TPSA) is 106 Å². The van der Waals surface area contributed by atoms with E-state index >= 15 is 0 Å². The minimum absolute atomic E-state index is 0.0905. The Kier molecular flexibility index (Phi) is 9.02. The Bertz CT molecular complexity index is 1260. The first-order chi connectivity index (χ1) is 18.7. The number of rotatable bonds is 10. The third-order valence-corrected chi connectivity index (χ3v) is 7.99. The number of hydrogen-bond donors (Lipinski definition) is 1. The number of esters is 1. The van der Waals surface area contributed by atoms with Gasteiger partial charge in [-0.1, -0.05) is 11.6 Å². The van der Waals surface area contributed by atoms with Crippen LogP contribution in [0.25, 0.3) is 0 Å². The van der Waals surface area contributed by atoms with E-state index in [1.807, 2.05) is 18.0 Å². The number of carbonyl (C=O) groups excluding carboxylic acids is 3. The highest BCUT2D eigenvalue weighted by Crippen LogP contribution is 2.47. The van der Waals surface area contributed by atoms with Gasteiger partial charge in [-0.2, -0.15) is 0 Å². The van der Waals surface area contributed by atoms with Gasteiger partial charge in [-0.05, 0) is 51.1 Å². The lowest BCUT2D eigenvalue weighted by Gasteiger charge is -2.27. The van der Waals surface area contributed by atoms with Crippen LogP contribution >= 0.6 is 11.6 Å². The summed E-state index contributed by atoms with van der Waals surface area (Å²) >= 11 is 6.46. The van der Waals surface area contributed by atoms with Crippen molar-refractivity contribution in [3.8, 4) is 17.2 Å². The Hall–Kier alpha value is -3.30. The summed E-state index contributed by atoms with van der Waals surface area (Å²) in [5.74, 6) is -1.59. The maximum Gasteiger partial charge on any atom is 0.302 e. The fraction of sp³-hybridized carbons (Fsp3) is 0.483. The predicted molar refractivity (Wildman–Crippen MR) is 148 cm³/mol. The lowest BCUT2D eigenvalue weighted by Crippen LogP contribution is -2.34. The number of likely N-dealkylation sites (N-methyl/N-ethyl adjacent to an activating group) is 1. The molecule has 2 aliphatic heterocycles. The summed E-state index contributed by atoms with van der Waals surface area (Å²) < 4.78 is 16.3. The molecular weight excluding hydrogens is 524 g/mol. The van der Waals surface area contributed by atoms with Crippen molar-refractivity contribution in [2.45, 2.75) is 44.6 Å². The Morgan fingerprint density at radius 2 is 1.72 bits per heavy atom. The number of Topliss-reactive ketones (excluding diaryl/α,β-unsaturated/α-hetero) is 2. The Balaban J connectivity index is 1.64. The molecular formula is C29H35ClN2O7. The van der Waals surface area contributed by atoms with Crippen molar-refractivity contribution in [3.63, 3.8) is 0 Å². The summed E-state index contributed by atoms with van der Waals surface area (Å²) in [6.07, 6.45) is 2.37. The van der Waals surface area contributed by atoms with Crippen molar-refractivity contribution in [3.05, 3.63) is 46.0 Å². The van der Waals surface area contributed by atoms with Crippen molar-refractivity contribution >= 4 is 34.8 Å². The average molecular weight is 559 g/mol. The van der Waals surface area contributed by atoms with Gasteiger partial charge >= 0.3 is 5.97 Å². The molecule has 2 heterocycles. The summed E-state index contributed by atoms with van der Waals surface area (Å²) in [4.78, 5) is 42.4. The third-order valence-electron chi connectivity index (χ3n) is 7.68. The summed E-state index contributed by atoms with van der Waals surface area (Å²) in [6.45, 7) is 4.05. The van der Waals surface area contributed by atoms with Crippen LogP contribution in [0.15, 0.2) is 24.3 Å². The lowest BCUT2D eigenvalue weighted by molar-refractivity contribution is -0.142. The number of phenolic OH excluding ortho intramolecular Hbond substituents is 1. The number of ketones is 2. The van der Waals surface area contributed by atoms with Crippen molar-refractivity contribution in [1.29, 1.82) is 0 Å². The van der Waals surface area contributed by atoms with E-state index in [4.69, 9.17) is 25.8 Å². The molecule has 39 heavy (non-hydrogen) atoms. The quantitative estimate of drug-likeness (QED) is 0.257. The molecule has 0 spiro atoms. The molecule has 0 saturated carbocycles. The number of benzene rings is 2. The fourth-order valence-corrected chi connectivity index (χ4v) is 5.90. The van der Waals surface area contributed by atoms with Crippen LogP contribution in [0.5, 0.6) is 17.2 Å². The number of likely N-dealkylation sites (tertiary alicyclic amines) is 1. The number of methoxy groups -OCH3 is 2. The number of halogens is 1. The molecule has 0 amide bonds. The average Bonchev–Trinajstić information content (AvgIpc) is 3.56. The number of aromatic hydroxyl groups is 1. The summed E-state index contributed by atoms with van der Waals surface area (Å²) in [5, 5.41) is 11.8. The zero-order valence-corrected chi connectivity index (χ0v) is 23.5. The number of carbonyl (C=O) groups is 3. The zero-order valence-electron chi connectivity index (χ0n) is 22.8. The first kappa shape index (κ1) is 28.7. The van der Waals surface area contributed by atoms with Crippen LogP contribution in [0.4, 0.5) is 5.69 Å². The molecule has 0 aliphatic carbocycles. The van der Waals surface area contributed by atoms with Crippen LogP contribution < -0.4 is 14.4 Å². The number of anilines is 1. The molecule has 0 bridgehead atoms. The molecule has 1 N–H and O–H groups in total. The minimum Gasteiger partial charge on any atom is -0.507 e. The van der Waals surface area contributed by atoms with E-state index in [-0.39, 0.29) is 46.2 Å². The Morgan fingerprint density at radius 3 is 2.33 bits per heavy atom. The maximum absolute atomic E-state index is 13.5. The second kappa shape index (κ2) is 12.3. The number of nitrogens with zero attached hydrogens (tertiary/aromatic N) is 2. The third kappa shape index (κ3) is 5.99. The van der Waals surface area contributed by atoms with Crippen LogP contribution in [-0.2, 0) is 9.53 Å². The SMILES string of the molecule is COc1cc(OC)c(C2CCN(C)C2COC(C)=O)c(O)c1C(=O)CC(=O)c1ccc(N2CCCC2)cc1Cl. The van der Waals surface area contributed by atoms with E-state index in [0.29, 0.717) is 24.3 Å². The number of hydrogen-bond acceptors (Lipinski definition) is 9. The molecule has 2 aromatic rings. The predicted octanol–water partition coefficient (Wildman–Crippen LogP) is 4.47. The van der Waals surface area contributed by atoms with Gasteiger partial charge in [0.2, 0.25) is 0 Å². The van der Waals surface area contributed by atoms with Crippen LogP contribution in [0, 0.1) is 0 Å². The molecule has 2 unspecified atom stereocenters. The van der Waals surface area contributed by atoms with Crippen molar-refractivity contribution in [1.82, 2.24) is 4.90 Å². The highest BCUT2D eigenvalue weighted by atomic mass is 35.5. The molecule has 0 aromatic heterocycles. The van der Waals surface area contributed by atoms with E-state index in [1.165, 1.54) is 21.1 Å². The molecule has 10 heteroatoms. The van der Waals surface area contributed by atoms with Crippen LogP contribution in [0.1, 0.15) is 64.8 Å². The van der Waals surface area contributed by atoms with E-state index < -0.39 is 24.0 Å². The zero-order chi connectivity index (χ0) is 28.3. The Morgan fingerprint density at radius 1 is 1.03 bits per heavy atom. The second-order valence-corrected chi connectivity index (χ2v) is 10.5. The molecule has 2 atom stereocenters. The summed E-state index contributed by atoms with van der Waals surface area (Å²) in [6, 6.07) is 6.56. The van der Waals surface area contributed by atoms with Gasteiger partial charge in [-0.25, -0.2) is 0 Å². The first-order valence-electron chi connectivity index (χ1n) is 13.1. The highest BCUT2D eigenvalue weighted by Gasteiger charge is 2.39. The maximum atomic E-state index is 13.5. The van der Waals surface area contributed by atoms with E-state index in [1.54, 1.807) is 18.2 Å². The molecule has 2 saturated heterocycles. The van der Waals surface area contributed by atoms with Gasteiger partial charge in [0.05, 0.1) is 31.7 Å². The molecule has 4 rings (SSSR count). The van der Waals surface area contributed by atoms with Gasteiger partial charge in [-0.3, -0.25) is 19.3 Å². The number of ether oxygens (including phenoxy) is 3. The summed E-state index contributed by atoms with van der Waals surface area (Å²) in [7, 11) is 4.76. The van der Waals surface area contributed by atoms with E-state index in [9.17, 15) is 19.5 Å². The van der Waals surface area contributed by atoms with Crippen LogP contribution in [0.3, 0.4) is 0 Å². The Labute approximate surface area is 233 Å². The summed E-state index contributed by atoms with van der Waals surface area (Å²) in [5.41, 5.74) is 1.53. The lowest BCUT2D eigenvalue weighted by atomic mass is 9.87. The standard InChI is InChI=1S/C29H35ClN2O7/c1-17(33)39-16-22-20(9-12-31(22)2)27-25(37-3)15-26(38-4)28(29(27)36)24(35)14-23(34)19-8-7-18(13-21(19)30)32-10-5-6-11-32/h7-8,13,15,20,22,36H,5-6,9-12,14,16H2,1-4H3. The van der Waals surface area contributed by atoms with Gasteiger partial charge in [0.1, 0.15) is 29.4 Å². The largest absolute Gasteiger partial charge is 0.507 e. The van der Waals surface area contributed by atoms with Crippen molar-refractivity contribution < 1.29 is 33.7 Å². The molecule has 0 radical (unpaired) electrons. The molecule has 2 aliphatic rings. The molecule has 2 aromatic carbocycles. The van der Waals surface area contributed by atoms with Gasteiger partial charge in [-0.15, -0.1) is 0 Å². The van der Waals surface area contributed by atoms with Gasteiger partial charge in [0.15, 0.2) is 11.6 Å². The second-order valence-electron chi connectivity index (χ2n) is 10.0. The van der Waals surface area contributed by atoms with Gasteiger partial charge < -0.3 is 24.2 Å². The van der Waals surface area contributed by atoms with Crippen LogP contribution in [-0.4, -0.2) is 81.1 Å². The van der Waals surface area contributed by atoms with E-state index in [0.717, 1.165) is 31.6 Å². The fourth-order valence-electron chi connectivity index (χ4n) is 5.62. The van der Waals surface area contributed by atoms with E-state index in [2.05, 4.69) is 4.90 Å². The highest BCUT2D eigenvalue weighted by molar-refractivity contribution is 6.35.